The monoisotopic (exact) mass is 243 g/mol. The summed E-state index contributed by atoms with van der Waals surface area (Å²) >= 11 is 1.39. The molecule has 0 aliphatic rings. The van der Waals surface area contributed by atoms with Gasteiger partial charge in [-0.15, -0.1) is 10.2 Å². The van der Waals surface area contributed by atoms with Gasteiger partial charge in [0.2, 0.25) is 5.91 Å². The van der Waals surface area contributed by atoms with Crippen molar-refractivity contribution < 1.29 is 4.79 Å². The summed E-state index contributed by atoms with van der Waals surface area (Å²) in [5.41, 5.74) is 5.51. The van der Waals surface area contributed by atoms with Crippen LogP contribution in [-0.4, -0.2) is 39.5 Å². The van der Waals surface area contributed by atoms with Gasteiger partial charge in [-0.1, -0.05) is 11.8 Å². The minimum absolute atomic E-state index is 0.0232. The van der Waals surface area contributed by atoms with Crippen molar-refractivity contribution >= 4 is 17.7 Å². The van der Waals surface area contributed by atoms with Gasteiger partial charge in [0.1, 0.15) is 5.82 Å². The topological polar surface area (TPSA) is 85.8 Å². The second-order valence-electron chi connectivity index (χ2n) is 3.34. The molecule has 1 rings (SSSR count). The van der Waals surface area contributed by atoms with E-state index in [0.29, 0.717) is 13.1 Å². The Balaban J connectivity index is 2.76. The van der Waals surface area contributed by atoms with Crippen molar-refractivity contribution in [3.8, 4) is 0 Å². The number of hydrogen-bond donors (Lipinski definition) is 2. The van der Waals surface area contributed by atoms with Gasteiger partial charge in [0.05, 0.1) is 5.25 Å². The van der Waals surface area contributed by atoms with Crippen LogP contribution < -0.4 is 11.1 Å². The fourth-order valence-corrected chi connectivity index (χ4v) is 2.23. The lowest BCUT2D eigenvalue weighted by molar-refractivity contribution is -0.119. The zero-order valence-electron chi connectivity index (χ0n) is 9.73. The number of hydrogen-bond acceptors (Lipinski definition) is 5. The standard InChI is InChI=1S/C9H17N5OS/c1-6(8(15)11-3)16-9-13-12-7(2)14(9)5-4-10/h6H,4-5,10H2,1-3H3,(H,11,15). The van der Waals surface area contributed by atoms with Crippen LogP contribution in [0.1, 0.15) is 12.7 Å². The van der Waals surface area contributed by atoms with Crippen LogP contribution in [0.3, 0.4) is 0 Å². The molecule has 0 aliphatic heterocycles. The van der Waals surface area contributed by atoms with E-state index in [1.54, 1.807) is 7.05 Å². The lowest BCUT2D eigenvalue weighted by Gasteiger charge is -2.10. The third-order valence-electron chi connectivity index (χ3n) is 2.15. The van der Waals surface area contributed by atoms with Crippen molar-refractivity contribution in [1.29, 1.82) is 0 Å². The minimum Gasteiger partial charge on any atom is -0.358 e. The zero-order valence-corrected chi connectivity index (χ0v) is 10.5. The number of rotatable bonds is 5. The van der Waals surface area contributed by atoms with Crippen LogP contribution in [0.25, 0.3) is 0 Å². The Kier molecular flexibility index (Phi) is 4.75. The largest absolute Gasteiger partial charge is 0.358 e. The Morgan fingerprint density at radius 3 is 2.88 bits per heavy atom. The van der Waals surface area contributed by atoms with Crippen molar-refractivity contribution in [3.05, 3.63) is 5.82 Å². The molecule has 0 aliphatic carbocycles. The molecular weight excluding hydrogens is 226 g/mol. The second kappa shape index (κ2) is 5.86. The molecule has 0 saturated heterocycles. The summed E-state index contributed by atoms with van der Waals surface area (Å²) < 4.78 is 1.92. The third kappa shape index (κ3) is 2.96. The lowest BCUT2D eigenvalue weighted by Crippen LogP contribution is -2.27. The number of thioether (sulfide) groups is 1. The number of aryl methyl sites for hydroxylation is 1. The van der Waals surface area contributed by atoms with Gasteiger partial charge in [0, 0.05) is 20.1 Å². The smallest absolute Gasteiger partial charge is 0.233 e. The first kappa shape index (κ1) is 13.0. The van der Waals surface area contributed by atoms with Gasteiger partial charge in [-0.05, 0) is 13.8 Å². The van der Waals surface area contributed by atoms with Gasteiger partial charge in [-0.2, -0.15) is 0 Å². The number of aromatic nitrogens is 3. The van der Waals surface area contributed by atoms with Gasteiger partial charge < -0.3 is 15.6 Å². The number of amides is 1. The van der Waals surface area contributed by atoms with Crippen molar-refractivity contribution in [1.82, 2.24) is 20.1 Å². The molecular formula is C9H17N5OS. The van der Waals surface area contributed by atoms with Gasteiger partial charge >= 0.3 is 0 Å². The van der Waals surface area contributed by atoms with Crippen LogP contribution in [0, 0.1) is 6.92 Å². The first-order valence-electron chi connectivity index (χ1n) is 5.08. The van der Waals surface area contributed by atoms with Crippen molar-refractivity contribution in [2.75, 3.05) is 13.6 Å². The Morgan fingerprint density at radius 1 is 1.62 bits per heavy atom. The molecule has 0 radical (unpaired) electrons. The summed E-state index contributed by atoms with van der Waals surface area (Å²) in [6, 6.07) is 0. The van der Waals surface area contributed by atoms with Crippen molar-refractivity contribution in [2.24, 2.45) is 5.73 Å². The lowest BCUT2D eigenvalue weighted by atomic mass is 10.4. The predicted molar refractivity (Wildman–Crippen MR) is 63.2 cm³/mol. The van der Waals surface area contributed by atoms with Crippen molar-refractivity contribution in [3.63, 3.8) is 0 Å². The van der Waals surface area contributed by atoms with Crippen LogP contribution in [0.4, 0.5) is 0 Å². The van der Waals surface area contributed by atoms with Gasteiger partial charge in [-0.3, -0.25) is 4.79 Å². The molecule has 1 aromatic rings. The first-order chi connectivity index (χ1) is 7.60. The molecule has 1 amide bonds. The molecule has 6 nitrogen and oxygen atoms in total. The molecule has 1 atom stereocenters. The SMILES string of the molecule is CNC(=O)C(C)Sc1nnc(C)n1CCN. The fourth-order valence-electron chi connectivity index (χ4n) is 1.25. The number of carbonyl (C=O) groups is 1. The van der Waals surface area contributed by atoms with Crippen LogP contribution in [-0.2, 0) is 11.3 Å². The molecule has 3 N–H and O–H groups in total. The number of nitrogens with two attached hydrogens (primary N) is 1. The van der Waals surface area contributed by atoms with Crippen LogP contribution in [0.2, 0.25) is 0 Å². The molecule has 0 saturated carbocycles. The van der Waals surface area contributed by atoms with Gasteiger partial charge in [0.15, 0.2) is 5.16 Å². The molecule has 7 heteroatoms. The van der Waals surface area contributed by atoms with Crippen molar-refractivity contribution in [2.45, 2.75) is 30.8 Å². The molecule has 90 valence electrons. The maximum atomic E-state index is 11.4. The molecule has 1 aromatic heterocycles. The van der Waals surface area contributed by atoms with Crippen LogP contribution in [0.5, 0.6) is 0 Å². The van der Waals surface area contributed by atoms with Gasteiger partial charge in [-0.25, -0.2) is 0 Å². The first-order valence-corrected chi connectivity index (χ1v) is 5.96. The van der Waals surface area contributed by atoms with E-state index in [9.17, 15) is 4.79 Å². The maximum absolute atomic E-state index is 11.4. The highest BCUT2D eigenvalue weighted by atomic mass is 32.2. The number of nitrogens with one attached hydrogen (secondary N) is 1. The van der Waals surface area contributed by atoms with E-state index in [4.69, 9.17) is 5.73 Å². The third-order valence-corrected chi connectivity index (χ3v) is 3.23. The molecule has 1 unspecified atom stereocenters. The summed E-state index contributed by atoms with van der Waals surface area (Å²) in [5.74, 6) is 0.794. The molecule has 0 fully saturated rings. The summed E-state index contributed by atoms with van der Waals surface area (Å²) in [6.07, 6.45) is 0. The minimum atomic E-state index is -0.190. The van der Waals surface area contributed by atoms with Gasteiger partial charge in [0.25, 0.3) is 0 Å². The van der Waals surface area contributed by atoms with E-state index in [1.165, 1.54) is 11.8 Å². The normalized spacial score (nSPS) is 12.5. The Hall–Kier alpha value is -1.08. The van der Waals surface area contributed by atoms with E-state index in [0.717, 1.165) is 11.0 Å². The highest BCUT2D eigenvalue weighted by Crippen LogP contribution is 2.21. The fraction of sp³-hybridized carbons (Fsp3) is 0.667. The molecule has 1 heterocycles. The zero-order chi connectivity index (χ0) is 12.1. The number of nitrogens with zero attached hydrogens (tertiary/aromatic N) is 3. The van der Waals surface area contributed by atoms with Crippen LogP contribution in [0.15, 0.2) is 5.16 Å². The molecule has 16 heavy (non-hydrogen) atoms. The summed E-state index contributed by atoms with van der Waals surface area (Å²) in [4.78, 5) is 11.4. The highest BCUT2D eigenvalue weighted by Gasteiger charge is 2.17. The Morgan fingerprint density at radius 2 is 2.31 bits per heavy atom. The van der Waals surface area contributed by atoms with Crippen LogP contribution >= 0.6 is 11.8 Å². The second-order valence-corrected chi connectivity index (χ2v) is 4.65. The van der Waals surface area contributed by atoms with E-state index < -0.39 is 0 Å². The predicted octanol–water partition coefficient (Wildman–Crippen LogP) is -0.228. The van der Waals surface area contributed by atoms with E-state index >= 15 is 0 Å². The highest BCUT2D eigenvalue weighted by molar-refractivity contribution is 8.00. The van der Waals surface area contributed by atoms with E-state index in [2.05, 4.69) is 15.5 Å². The average molecular weight is 243 g/mol. The average Bonchev–Trinajstić information content (AvgIpc) is 2.61. The Labute approximate surface area is 99.0 Å². The molecule has 0 bridgehead atoms. The summed E-state index contributed by atoms with van der Waals surface area (Å²) in [6.45, 7) is 4.90. The molecule has 0 spiro atoms. The van der Waals surface area contributed by atoms with E-state index in [-0.39, 0.29) is 11.2 Å². The Bertz CT molecular complexity index is 365. The summed E-state index contributed by atoms with van der Waals surface area (Å²) in [7, 11) is 1.62. The summed E-state index contributed by atoms with van der Waals surface area (Å²) in [5, 5.41) is 11.2. The maximum Gasteiger partial charge on any atom is 0.233 e. The quantitative estimate of drug-likeness (QED) is 0.698. The number of carbonyl (C=O) groups excluding carboxylic acids is 1. The van der Waals surface area contributed by atoms with E-state index in [1.807, 2.05) is 18.4 Å². The molecule has 0 aromatic carbocycles.